The summed E-state index contributed by atoms with van der Waals surface area (Å²) in [5.41, 5.74) is 0. The number of fused-ring (bicyclic) bond motifs is 1. The average Bonchev–Trinajstić information content (AvgIpc) is 2.74. The molecule has 2 aliphatic rings. The molecule has 19 heavy (non-hydrogen) atoms. The normalized spacial score (nSPS) is 28.6. The van der Waals surface area contributed by atoms with Crippen molar-refractivity contribution in [2.45, 2.75) is 10.9 Å². The minimum atomic E-state index is -3.56. The zero-order valence-corrected chi connectivity index (χ0v) is 13.7. The van der Waals surface area contributed by atoms with Gasteiger partial charge in [0.2, 0.25) is 10.0 Å². The van der Waals surface area contributed by atoms with Crippen LogP contribution in [0.3, 0.4) is 0 Å². The van der Waals surface area contributed by atoms with E-state index in [2.05, 4.69) is 26.0 Å². The van der Waals surface area contributed by atoms with Crippen molar-refractivity contribution in [1.29, 1.82) is 0 Å². The van der Waals surface area contributed by atoms with Crippen LogP contribution in [0.25, 0.3) is 0 Å². The maximum absolute atomic E-state index is 12.3. The van der Waals surface area contributed by atoms with E-state index in [1.807, 2.05) is 0 Å². The quantitative estimate of drug-likeness (QED) is 0.834. The number of benzene rings is 1. The van der Waals surface area contributed by atoms with Crippen molar-refractivity contribution < 1.29 is 8.42 Å². The first-order valence-corrected chi connectivity index (χ1v) is 8.33. The fraction of sp³-hybridized carbons (Fsp3) is 0.455. The van der Waals surface area contributed by atoms with E-state index in [1.165, 1.54) is 0 Å². The van der Waals surface area contributed by atoms with Gasteiger partial charge in [0.05, 0.1) is 5.02 Å². The Balaban J connectivity index is 0.00000133. The Kier molecular flexibility index (Phi) is 4.50. The van der Waals surface area contributed by atoms with Gasteiger partial charge in [0.1, 0.15) is 4.90 Å². The second-order valence-corrected chi connectivity index (χ2v) is 7.60. The lowest BCUT2D eigenvalue weighted by Crippen LogP contribution is -2.32. The smallest absolute Gasteiger partial charge is 0.243 e. The van der Waals surface area contributed by atoms with E-state index >= 15 is 0 Å². The predicted molar refractivity (Wildman–Crippen MR) is 80.4 cm³/mol. The van der Waals surface area contributed by atoms with Gasteiger partial charge in [-0.15, -0.1) is 12.4 Å². The molecule has 0 amide bonds. The lowest BCUT2D eigenvalue weighted by Gasteiger charge is -2.11. The van der Waals surface area contributed by atoms with E-state index < -0.39 is 10.0 Å². The number of sulfonamides is 1. The maximum atomic E-state index is 12.3. The third-order valence-corrected chi connectivity index (χ3v) is 6.48. The van der Waals surface area contributed by atoms with Crippen LogP contribution in [-0.4, -0.2) is 27.5 Å². The summed E-state index contributed by atoms with van der Waals surface area (Å²) in [7, 11) is -3.56. The van der Waals surface area contributed by atoms with Gasteiger partial charge in [-0.3, -0.25) is 0 Å². The van der Waals surface area contributed by atoms with Crippen LogP contribution in [0, 0.1) is 11.8 Å². The molecule has 106 valence electrons. The molecule has 0 aromatic heterocycles. The van der Waals surface area contributed by atoms with Crippen molar-refractivity contribution in [2.24, 2.45) is 11.8 Å². The van der Waals surface area contributed by atoms with Crippen LogP contribution in [0.1, 0.15) is 0 Å². The average molecular weight is 388 g/mol. The van der Waals surface area contributed by atoms with Gasteiger partial charge in [-0.05, 0) is 53.0 Å². The highest BCUT2D eigenvalue weighted by Crippen LogP contribution is 2.43. The molecule has 1 saturated carbocycles. The first kappa shape index (κ1) is 15.5. The van der Waals surface area contributed by atoms with Crippen molar-refractivity contribution in [3.05, 3.63) is 27.7 Å². The van der Waals surface area contributed by atoms with Crippen LogP contribution in [-0.2, 0) is 10.0 Å². The summed E-state index contributed by atoms with van der Waals surface area (Å²) in [4.78, 5) is 0.129. The summed E-state index contributed by atoms with van der Waals surface area (Å²) in [6.07, 6.45) is 0. The Bertz CT molecular complexity index is 566. The van der Waals surface area contributed by atoms with E-state index in [1.54, 1.807) is 18.2 Å². The Labute approximate surface area is 131 Å². The van der Waals surface area contributed by atoms with E-state index in [9.17, 15) is 8.42 Å². The summed E-state index contributed by atoms with van der Waals surface area (Å²) >= 11 is 9.22. The standard InChI is InChI=1S/C11H12BrClN2O2S.ClH/c12-8-2-1-3-9(13)11(8)18(16,17)15-10-6-4-14-5-7(6)10;/h1-3,6-7,10,14-15H,4-5H2;1H. The second kappa shape index (κ2) is 5.50. The molecular formula is C11H13BrCl2N2O2S. The Morgan fingerprint density at radius 1 is 1.32 bits per heavy atom. The molecule has 1 aliphatic heterocycles. The molecule has 1 aromatic carbocycles. The zero-order valence-electron chi connectivity index (χ0n) is 9.77. The van der Waals surface area contributed by atoms with Crippen molar-refractivity contribution >= 4 is 50.0 Å². The molecule has 2 atom stereocenters. The summed E-state index contributed by atoms with van der Waals surface area (Å²) < 4.78 is 27.9. The molecule has 4 nitrogen and oxygen atoms in total. The highest BCUT2D eigenvalue weighted by atomic mass is 79.9. The van der Waals surface area contributed by atoms with Gasteiger partial charge in [0, 0.05) is 10.5 Å². The Morgan fingerprint density at radius 3 is 2.53 bits per heavy atom. The number of hydrogen-bond donors (Lipinski definition) is 2. The molecule has 2 N–H and O–H groups in total. The highest BCUT2D eigenvalue weighted by Gasteiger charge is 2.54. The number of hydrogen-bond acceptors (Lipinski definition) is 3. The molecule has 8 heteroatoms. The Morgan fingerprint density at radius 2 is 1.95 bits per heavy atom. The molecule has 3 rings (SSSR count). The molecule has 1 saturated heterocycles. The van der Waals surface area contributed by atoms with Crippen molar-refractivity contribution in [3.8, 4) is 0 Å². The van der Waals surface area contributed by atoms with Crippen LogP contribution >= 0.6 is 39.9 Å². The van der Waals surface area contributed by atoms with Crippen molar-refractivity contribution in [1.82, 2.24) is 10.0 Å². The van der Waals surface area contributed by atoms with Crippen LogP contribution in [0.5, 0.6) is 0 Å². The van der Waals surface area contributed by atoms with Crippen molar-refractivity contribution in [3.63, 3.8) is 0 Å². The summed E-state index contributed by atoms with van der Waals surface area (Å²) in [6.45, 7) is 1.78. The topological polar surface area (TPSA) is 58.2 Å². The van der Waals surface area contributed by atoms with E-state index in [4.69, 9.17) is 11.6 Å². The molecule has 0 bridgehead atoms. The van der Waals surface area contributed by atoms with Crippen LogP contribution in [0.15, 0.2) is 27.6 Å². The molecule has 1 aliphatic carbocycles. The zero-order chi connectivity index (χ0) is 12.9. The van der Waals surface area contributed by atoms with E-state index in [0.29, 0.717) is 16.3 Å². The molecule has 0 radical (unpaired) electrons. The maximum Gasteiger partial charge on any atom is 0.243 e. The lowest BCUT2D eigenvalue weighted by atomic mass is 10.4. The summed E-state index contributed by atoms with van der Waals surface area (Å²) in [5.74, 6) is 0.863. The third kappa shape index (κ3) is 2.80. The minimum absolute atomic E-state index is 0. The molecular weight excluding hydrogens is 375 g/mol. The van der Waals surface area contributed by atoms with Crippen LogP contribution < -0.4 is 10.0 Å². The SMILES string of the molecule is Cl.O=S(=O)(NC1C2CNCC21)c1c(Cl)cccc1Br. The number of halogens is 3. The Hall–Kier alpha value is 0.150. The van der Waals surface area contributed by atoms with E-state index in [-0.39, 0.29) is 28.4 Å². The number of piperidine rings is 1. The molecule has 2 fully saturated rings. The predicted octanol–water partition coefficient (Wildman–Crippen LogP) is 2.02. The largest absolute Gasteiger partial charge is 0.316 e. The number of nitrogens with one attached hydrogen (secondary N) is 2. The first-order chi connectivity index (χ1) is 8.50. The molecule has 1 heterocycles. The minimum Gasteiger partial charge on any atom is -0.316 e. The van der Waals surface area contributed by atoms with Gasteiger partial charge in [-0.25, -0.2) is 13.1 Å². The highest BCUT2D eigenvalue weighted by molar-refractivity contribution is 9.10. The summed E-state index contributed by atoms with van der Waals surface area (Å²) in [6, 6.07) is 5.02. The fourth-order valence-corrected chi connectivity index (χ4v) is 5.64. The van der Waals surface area contributed by atoms with Gasteiger partial charge >= 0.3 is 0 Å². The van der Waals surface area contributed by atoms with Gasteiger partial charge in [0.25, 0.3) is 0 Å². The van der Waals surface area contributed by atoms with Crippen LogP contribution in [0.2, 0.25) is 5.02 Å². The van der Waals surface area contributed by atoms with Gasteiger partial charge in [0.15, 0.2) is 0 Å². The van der Waals surface area contributed by atoms with Crippen molar-refractivity contribution in [2.75, 3.05) is 13.1 Å². The van der Waals surface area contributed by atoms with Gasteiger partial charge in [-0.2, -0.15) is 0 Å². The van der Waals surface area contributed by atoms with Gasteiger partial charge in [-0.1, -0.05) is 17.7 Å². The monoisotopic (exact) mass is 386 g/mol. The third-order valence-electron chi connectivity index (χ3n) is 3.57. The number of rotatable bonds is 3. The first-order valence-electron chi connectivity index (χ1n) is 5.68. The van der Waals surface area contributed by atoms with Gasteiger partial charge < -0.3 is 5.32 Å². The fourth-order valence-electron chi connectivity index (χ4n) is 2.57. The molecule has 0 spiro atoms. The summed E-state index contributed by atoms with van der Waals surface area (Å²) in [5, 5.41) is 3.47. The molecule has 1 aromatic rings. The molecule has 2 unspecified atom stereocenters. The second-order valence-electron chi connectivity index (χ2n) is 4.68. The van der Waals surface area contributed by atoms with E-state index in [0.717, 1.165) is 13.1 Å². The van der Waals surface area contributed by atoms with Crippen LogP contribution in [0.4, 0.5) is 0 Å². The lowest BCUT2D eigenvalue weighted by molar-refractivity contribution is 0.565.